The molecule has 2 rings (SSSR count). The summed E-state index contributed by atoms with van der Waals surface area (Å²) in [5, 5.41) is 0. The Morgan fingerprint density at radius 2 is 2.14 bits per heavy atom. The van der Waals surface area contributed by atoms with E-state index >= 15 is 0 Å². The maximum atomic E-state index is 11.2. The van der Waals surface area contributed by atoms with Gasteiger partial charge in [0.1, 0.15) is 6.10 Å². The van der Waals surface area contributed by atoms with Crippen LogP contribution in [0.1, 0.15) is 46.5 Å². The van der Waals surface area contributed by atoms with Crippen molar-refractivity contribution in [2.75, 3.05) is 0 Å². The van der Waals surface area contributed by atoms with E-state index in [0.717, 1.165) is 12.3 Å². The summed E-state index contributed by atoms with van der Waals surface area (Å²) < 4.78 is 5.49. The second-order valence-electron chi connectivity index (χ2n) is 5.32. The maximum Gasteiger partial charge on any atom is 0.305 e. The quantitative estimate of drug-likeness (QED) is 0.635. The van der Waals surface area contributed by atoms with Crippen molar-refractivity contribution in [3.8, 4) is 0 Å². The minimum atomic E-state index is -0.0293. The van der Waals surface area contributed by atoms with Gasteiger partial charge < -0.3 is 4.74 Å². The monoisotopic (exact) mass is 196 g/mol. The first kappa shape index (κ1) is 10.0. The number of esters is 1. The molecule has 0 saturated heterocycles. The lowest BCUT2D eigenvalue weighted by atomic mass is 9.82. The summed E-state index contributed by atoms with van der Waals surface area (Å²) in [6, 6.07) is 0. The molecule has 0 heterocycles. The van der Waals surface area contributed by atoms with E-state index in [1.807, 2.05) is 6.92 Å². The summed E-state index contributed by atoms with van der Waals surface area (Å²) in [6.45, 7) is 6.52. The van der Waals surface area contributed by atoms with E-state index in [0.29, 0.717) is 17.8 Å². The van der Waals surface area contributed by atoms with Crippen LogP contribution in [-0.2, 0) is 9.53 Å². The molecule has 0 amide bonds. The van der Waals surface area contributed by atoms with Gasteiger partial charge in [-0.2, -0.15) is 0 Å². The number of rotatable bonds is 2. The second-order valence-corrected chi connectivity index (χ2v) is 5.32. The lowest BCUT2D eigenvalue weighted by Gasteiger charge is -2.26. The minimum absolute atomic E-state index is 0.0293. The highest BCUT2D eigenvalue weighted by molar-refractivity contribution is 5.69. The molecule has 2 heteroatoms. The fraction of sp³-hybridized carbons (Fsp3) is 0.917. The number of fused-ring (bicyclic) bond motifs is 2. The van der Waals surface area contributed by atoms with E-state index in [9.17, 15) is 4.79 Å². The topological polar surface area (TPSA) is 26.3 Å². The Balaban J connectivity index is 2.02. The van der Waals surface area contributed by atoms with Crippen LogP contribution in [0.4, 0.5) is 0 Å². The van der Waals surface area contributed by atoms with Gasteiger partial charge in [-0.15, -0.1) is 0 Å². The number of ether oxygens (including phenoxy) is 1. The largest absolute Gasteiger partial charge is 0.462 e. The molecular weight excluding hydrogens is 176 g/mol. The third-order valence-electron chi connectivity index (χ3n) is 4.37. The highest BCUT2D eigenvalue weighted by atomic mass is 16.5. The Labute approximate surface area is 86.0 Å². The Hall–Kier alpha value is -0.530. The van der Waals surface area contributed by atoms with Crippen LogP contribution < -0.4 is 0 Å². The van der Waals surface area contributed by atoms with Gasteiger partial charge in [-0.1, -0.05) is 20.8 Å². The highest BCUT2D eigenvalue weighted by Gasteiger charge is 2.54. The first-order valence-corrected chi connectivity index (χ1v) is 5.75. The third-order valence-corrected chi connectivity index (χ3v) is 4.37. The summed E-state index contributed by atoms with van der Waals surface area (Å²) in [5.41, 5.74) is 0.401. The molecule has 2 bridgehead atoms. The number of carbonyl (C=O) groups is 1. The van der Waals surface area contributed by atoms with Crippen molar-refractivity contribution in [1.29, 1.82) is 0 Å². The second kappa shape index (κ2) is 3.25. The van der Waals surface area contributed by atoms with Crippen molar-refractivity contribution in [2.24, 2.45) is 17.3 Å². The Bertz CT molecular complexity index is 245. The van der Waals surface area contributed by atoms with Crippen LogP contribution in [-0.4, -0.2) is 12.1 Å². The molecule has 0 aromatic heterocycles. The first-order chi connectivity index (χ1) is 6.55. The van der Waals surface area contributed by atoms with E-state index in [-0.39, 0.29) is 12.1 Å². The zero-order valence-electron chi connectivity index (χ0n) is 9.38. The Morgan fingerprint density at radius 3 is 2.57 bits per heavy atom. The van der Waals surface area contributed by atoms with Gasteiger partial charge in [0, 0.05) is 12.3 Å². The average molecular weight is 196 g/mol. The fourth-order valence-corrected chi connectivity index (χ4v) is 3.34. The zero-order valence-corrected chi connectivity index (χ0v) is 9.38. The van der Waals surface area contributed by atoms with Gasteiger partial charge in [0.05, 0.1) is 0 Å². The van der Waals surface area contributed by atoms with Gasteiger partial charge in [-0.05, 0) is 30.6 Å². The van der Waals surface area contributed by atoms with E-state index in [4.69, 9.17) is 4.74 Å². The third kappa shape index (κ3) is 1.35. The molecule has 2 fully saturated rings. The molecule has 2 saturated carbocycles. The molecule has 0 N–H and O–H groups in total. The number of hydrogen-bond acceptors (Lipinski definition) is 2. The van der Waals surface area contributed by atoms with Gasteiger partial charge in [-0.3, -0.25) is 4.79 Å². The van der Waals surface area contributed by atoms with Gasteiger partial charge in [0.15, 0.2) is 0 Å². The van der Waals surface area contributed by atoms with Crippen molar-refractivity contribution in [3.05, 3.63) is 0 Å². The summed E-state index contributed by atoms with van der Waals surface area (Å²) in [7, 11) is 0. The number of hydrogen-bond donors (Lipinski definition) is 0. The zero-order chi connectivity index (χ0) is 10.3. The van der Waals surface area contributed by atoms with E-state index < -0.39 is 0 Å². The predicted molar refractivity (Wildman–Crippen MR) is 54.8 cm³/mol. The maximum absolute atomic E-state index is 11.2. The molecule has 2 aliphatic carbocycles. The molecule has 0 aromatic carbocycles. The number of carbonyl (C=O) groups excluding carboxylic acids is 1. The highest BCUT2D eigenvalue weighted by Crippen LogP contribution is 2.58. The van der Waals surface area contributed by atoms with Gasteiger partial charge >= 0.3 is 5.97 Å². The van der Waals surface area contributed by atoms with E-state index in [2.05, 4.69) is 13.8 Å². The molecule has 0 aromatic rings. The molecule has 80 valence electrons. The molecule has 14 heavy (non-hydrogen) atoms. The summed E-state index contributed by atoms with van der Waals surface area (Å²) in [6.07, 6.45) is 4.41. The summed E-state index contributed by atoms with van der Waals surface area (Å²) >= 11 is 0. The normalized spacial score (nSPS) is 38.6. The fourth-order valence-electron chi connectivity index (χ4n) is 3.34. The van der Waals surface area contributed by atoms with Crippen LogP contribution in [0, 0.1) is 17.3 Å². The van der Waals surface area contributed by atoms with Gasteiger partial charge in [-0.25, -0.2) is 0 Å². The Morgan fingerprint density at radius 1 is 1.43 bits per heavy atom. The molecule has 2 nitrogen and oxygen atoms in total. The predicted octanol–water partition coefficient (Wildman–Crippen LogP) is 2.76. The van der Waals surface area contributed by atoms with Crippen LogP contribution in [0.15, 0.2) is 0 Å². The van der Waals surface area contributed by atoms with Crippen molar-refractivity contribution in [1.82, 2.24) is 0 Å². The SMILES string of the molecule is CCC(=O)O[C@H]1CC2CCC1C2(C)C. The standard InChI is InChI=1S/C12H20O2/c1-4-11(13)14-10-7-8-5-6-9(10)12(8,2)3/h8-10H,4-7H2,1-3H3/t8?,9?,10-/m0/s1. The molecule has 0 radical (unpaired) electrons. The minimum Gasteiger partial charge on any atom is -0.462 e. The van der Waals surface area contributed by atoms with Gasteiger partial charge in [0.25, 0.3) is 0 Å². The van der Waals surface area contributed by atoms with Crippen molar-refractivity contribution in [3.63, 3.8) is 0 Å². The molecule has 0 spiro atoms. The van der Waals surface area contributed by atoms with Crippen molar-refractivity contribution in [2.45, 2.75) is 52.6 Å². The lowest BCUT2D eigenvalue weighted by Crippen LogP contribution is -2.27. The summed E-state index contributed by atoms with van der Waals surface area (Å²) in [5.74, 6) is 1.36. The lowest BCUT2D eigenvalue weighted by molar-refractivity contribution is -0.151. The van der Waals surface area contributed by atoms with Crippen molar-refractivity contribution >= 4 is 5.97 Å². The van der Waals surface area contributed by atoms with Crippen LogP contribution in [0.3, 0.4) is 0 Å². The molecular formula is C12H20O2. The van der Waals surface area contributed by atoms with Gasteiger partial charge in [0.2, 0.25) is 0 Å². The van der Waals surface area contributed by atoms with Crippen LogP contribution in [0.25, 0.3) is 0 Å². The Kier molecular flexibility index (Phi) is 2.32. The molecule has 2 aliphatic rings. The van der Waals surface area contributed by atoms with Crippen molar-refractivity contribution < 1.29 is 9.53 Å². The molecule has 2 unspecified atom stereocenters. The smallest absolute Gasteiger partial charge is 0.305 e. The molecule has 3 atom stereocenters. The van der Waals surface area contributed by atoms with E-state index in [1.54, 1.807) is 0 Å². The van der Waals surface area contributed by atoms with Crippen LogP contribution >= 0.6 is 0 Å². The average Bonchev–Trinajstić information content (AvgIpc) is 2.54. The first-order valence-electron chi connectivity index (χ1n) is 5.75. The molecule has 0 aliphatic heterocycles. The van der Waals surface area contributed by atoms with Crippen LogP contribution in [0.2, 0.25) is 0 Å². The van der Waals surface area contributed by atoms with E-state index in [1.165, 1.54) is 12.8 Å². The summed E-state index contributed by atoms with van der Waals surface area (Å²) in [4.78, 5) is 11.2. The van der Waals surface area contributed by atoms with Crippen LogP contribution in [0.5, 0.6) is 0 Å².